The number of hydrogen-bond acceptors (Lipinski definition) is 1. The summed E-state index contributed by atoms with van der Waals surface area (Å²) in [5.41, 5.74) is -1.71. The number of halogens is 6. The van der Waals surface area contributed by atoms with E-state index in [1.807, 2.05) is 30.3 Å². The van der Waals surface area contributed by atoms with Gasteiger partial charge in [0.15, 0.2) is 0 Å². The van der Waals surface area contributed by atoms with Crippen molar-refractivity contribution in [3.05, 3.63) is 70.8 Å². The van der Waals surface area contributed by atoms with Gasteiger partial charge >= 0.3 is 12.4 Å². The van der Waals surface area contributed by atoms with E-state index in [4.69, 9.17) is 0 Å². The molecule has 2 atom stereocenters. The van der Waals surface area contributed by atoms with Gasteiger partial charge in [0.2, 0.25) is 0 Å². The van der Waals surface area contributed by atoms with Crippen LogP contribution in [0.1, 0.15) is 35.1 Å². The van der Waals surface area contributed by atoms with Crippen LogP contribution in [0.25, 0.3) is 0 Å². The number of hydrogen-bond donors (Lipinski definition) is 1. The molecular weight excluding hydrogens is 396 g/mol. The first-order chi connectivity index (χ1) is 13.5. The van der Waals surface area contributed by atoms with Gasteiger partial charge in [-0.15, -0.1) is 0 Å². The van der Waals surface area contributed by atoms with E-state index in [1.54, 1.807) is 0 Å². The summed E-state index contributed by atoms with van der Waals surface area (Å²) in [5.74, 6) is 0. The van der Waals surface area contributed by atoms with Crippen LogP contribution in [0.5, 0.6) is 0 Å². The molecule has 158 valence electrons. The molecule has 0 bridgehead atoms. The van der Waals surface area contributed by atoms with Crippen LogP contribution in [0.2, 0.25) is 0 Å². The molecule has 1 saturated heterocycles. The predicted molar refractivity (Wildman–Crippen MR) is 95.5 cm³/mol. The molecule has 1 heterocycles. The number of aliphatic hydroxyl groups is 1. The topological polar surface area (TPSA) is 20.2 Å². The van der Waals surface area contributed by atoms with Gasteiger partial charge in [-0.25, -0.2) is 0 Å². The van der Waals surface area contributed by atoms with Crippen molar-refractivity contribution >= 4 is 0 Å². The van der Waals surface area contributed by atoms with Gasteiger partial charge in [0, 0.05) is 24.0 Å². The molecule has 1 N–H and O–H groups in total. The van der Waals surface area contributed by atoms with Crippen LogP contribution >= 0.6 is 0 Å². The monoisotopic (exact) mass is 418 g/mol. The summed E-state index contributed by atoms with van der Waals surface area (Å²) in [5, 5.41) is 9.85. The van der Waals surface area contributed by atoms with Gasteiger partial charge in [0.05, 0.1) is 24.3 Å². The highest BCUT2D eigenvalue weighted by Crippen LogP contribution is 2.39. The summed E-state index contributed by atoms with van der Waals surface area (Å²) in [6, 6.07) is 10.8. The minimum atomic E-state index is -4.87. The fourth-order valence-electron chi connectivity index (χ4n) is 4.26. The van der Waals surface area contributed by atoms with Gasteiger partial charge in [-0.2, -0.15) is 26.3 Å². The summed E-state index contributed by atoms with van der Waals surface area (Å²) in [4.78, 5) is 0. The lowest BCUT2D eigenvalue weighted by atomic mass is 10.0. The van der Waals surface area contributed by atoms with Crippen molar-refractivity contribution in [2.75, 3.05) is 13.2 Å². The second-order valence-corrected chi connectivity index (χ2v) is 7.64. The Morgan fingerprint density at radius 2 is 1.38 bits per heavy atom. The number of likely N-dealkylation sites (tertiary alicyclic amines) is 1. The Kier molecular flexibility index (Phi) is 5.96. The maximum absolute atomic E-state index is 13.2. The average Bonchev–Trinajstić information content (AvgIpc) is 3.02. The van der Waals surface area contributed by atoms with Crippen LogP contribution in [0.15, 0.2) is 48.5 Å². The zero-order valence-electron chi connectivity index (χ0n) is 15.6. The normalized spacial score (nSPS) is 22.8. The Morgan fingerprint density at radius 3 is 1.90 bits per heavy atom. The van der Waals surface area contributed by atoms with Crippen molar-refractivity contribution in [2.24, 2.45) is 0 Å². The van der Waals surface area contributed by atoms with Gasteiger partial charge < -0.3 is 9.59 Å². The maximum atomic E-state index is 13.2. The van der Waals surface area contributed by atoms with Crippen molar-refractivity contribution < 1.29 is 35.9 Å². The Morgan fingerprint density at radius 1 is 0.828 bits per heavy atom. The predicted octanol–water partition coefficient (Wildman–Crippen LogP) is 5.40. The highest BCUT2D eigenvalue weighted by Gasteiger charge is 2.43. The zero-order chi connectivity index (χ0) is 21.3. The second-order valence-electron chi connectivity index (χ2n) is 7.64. The van der Waals surface area contributed by atoms with E-state index >= 15 is 0 Å². The second kappa shape index (κ2) is 7.99. The molecule has 0 radical (unpaired) electrons. The smallest absolute Gasteiger partial charge is 0.390 e. The van der Waals surface area contributed by atoms with E-state index in [-0.39, 0.29) is 35.3 Å². The van der Waals surface area contributed by atoms with Crippen LogP contribution in [-0.4, -0.2) is 28.8 Å². The largest absolute Gasteiger partial charge is 0.416 e. The van der Waals surface area contributed by atoms with Gasteiger partial charge in [-0.05, 0) is 18.2 Å². The molecule has 3 rings (SSSR count). The fraction of sp³-hybridized carbons (Fsp3) is 0.429. The summed E-state index contributed by atoms with van der Waals surface area (Å²) < 4.78 is 79.6. The third-order valence-electron chi connectivity index (χ3n) is 5.61. The molecule has 1 unspecified atom stereocenters. The highest BCUT2D eigenvalue weighted by atomic mass is 19.4. The van der Waals surface area contributed by atoms with E-state index < -0.39 is 23.5 Å². The SMILES string of the molecule is OC[C@@H]1CCC[N+]1(Cc1ccccc1)Cc1cc(C(F)(F)F)cc(C(F)(F)F)c1. The van der Waals surface area contributed by atoms with Gasteiger partial charge in [-0.3, -0.25) is 0 Å². The van der Waals surface area contributed by atoms with Crippen LogP contribution in [0, 0.1) is 0 Å². The summed E-state index contributed by atoms with van der Waals surface area (Å²) in [6.07, 6.45) is -8.32. The number of quaternary nitrogens is 1. The number of rotatable bonds is 5. The van der Waals surface area contributed by atoms with E-state index in [0.717, 1.165) is 24.1 Å². The summed E-state index contributed by atoms with van der Waals surface area (Å²) >= 11 is 0. The van der Waals surface area contributed by atoms with Gasteiger partial charge in [-0.1, -0.05) is 30.3 Å². The molecule has 2 aromatic carbocycles. The minimum absolute atomic E-state index is 0.00682. The summed E-state index contributed by atoms with van der Waals surface area (Å²) in [6.45, 7) is 0.840. The van der Waals surface area contributed by atoms with Crippen molar-refractivity contribution in [2.45, 2.75) is 44.3 Å². The first kappa shape index (κ1) is 21.6. The Balaban J connectivity index is 2.03. The molecule has 1 fully saturated rings. The quantitative estimate of drug-likeness (QED) is 0.510. The van der Waals surface area contributed by atoms with Crippen LogP contribution in [-0.2, 0) is 25.4 Å². The lowest BCUT2D eigenvalue weighted by molar-refractivity contribution is -0.964. The fourth-order valence-corrected chi connectivity index (χ4v) is 4.26. The number of nitrogens with zero attached hydrogens (tertiary/aromatic N) is 1. The average molecular weight is 418 g/mol. The molecule has 0 spiro atoms. The number of alkyl halides is 6. The Labute approximate surface area is 165 Å². The van der Waals surface area contributed by atoms with Gasteiger partial charge in [0.25, 0.3) is 0 Å². The molecule has 8 heteroatoms. The molecule has 2 nitrogen and oxygen atoms in total. The summed E-state index contributed by atoms with van der Waals surface area (Å²) in [7, 11) is 0. The van der Waals surface area contributed by atoms with Crippen LogP contribution in [0.4, 0.5) is 26.3 Å². The van der Waals surface area contributed by atoms with E-state index in [0.29, 0.717) is 19.5 Å². The Bertz CT molecular complexity index is 801. The van der Waals surface area contributed by atoms with Crippen LogP contribution < -0.4 is 0 Å². The lowest BCUT2D eigenvalue weighted by Gasteiger charge is -2.40. The Hall–Kier alpha value is -2.06. The standard InChI is InChI=1S/C21H22F6NO/c22-20(23,24)17-9-16(10-18(11-17)21(25,26)27)13-28(8-4-7-19(28)14-29)12-15-5-2-1-3-6-15/h1-3,5-6,9-11,19,29H,4,7-8,12-14H2/q+1/t19-,28?/m0/s1. The van der Waals surface area contributed by atoms with E-state index in [9.17, 15) is 31.4 Å². The number of benzene rings is 2. The van der Waals surface area contributed by atoms with Crippen molar-refractivity contribution in [3.63, 3.8) is 0 Å². The molecule has 0 amide bonds. The zero-order valence-corrected chi connectivity index (χ0v) is 15.6. The molecule has 0 aliphatic carbocycles. The molecule has 0 saturated carbocycles. The molecule has 1 aliphatic heterocycles. The molecular formula is C21H22F6NO+. The first-order valence-corrected chi connectivity index (χ1v) is 9.32. The van der Waals surface area contributed by atoms with Crippen LogP contribution in [0.3, 0.4) is 0 Å². The lowest BCUT2D eigenvalue weighted by Crippen LogP contribution is -2.51. The third kappa shape index (κ3) is 4.93. The highest BCUT2D eigenvalue weighted by molar-refractivity contribution is 5.33. The first-order valence-electron chi connectivity index (χ1n) is 9.32. The maximum Gasteiger partial charge on any atom is 0.416 e. The molecule has 1 aliphatic rings. The van der Waals surface area contributed by atoms with E-state index in [1.165, 1.54) is 0 Å². The van der Waals surface area contributed by atoms with Crippen molar-refractivity contribution in [1.82, 2.24) is 0 Å². The molecule has 2 aromatic rings. The van der Waals surface area contributed by atoms with Crippen molar-refractivity contribution in [3.8, 4) is 0 Å². The van der Waals surface area contributed by atoms with Gasteiger partial charge in [0.1, 0.15) is 19.1 Å². The van der Waals surface area contributed by atoms with E-state index in [2.05, 4.69) is 0 Å². The molecule has 0 aromatic heterocycles. The van der Waals surface area contributed by atoms with Crippen molar-refractivity contribution in [1.29, 1.82) is 0 Å². The number of aliphatic hydroxyl groups excluding tert-OH is 1. The molecule has 29 heavy (non-hydrogen) atoms. The third-order valence-corrected chi connectivity index (χ3v) is 5.61. The minimum Gasteiger partial charge on any atom is -0.390 e.